The second-order valence-corrected chi connectivity index (χ2v) is 6.22. The molecule has 0 spiro atoms. The van der Waals surface area contributed by atoms with Crippen LogP contribution in [-0.4, -0.2) is 16.4 Å². The summed E-state index contributed by atoms with van der Waals surface area (Å²) in [5.74, 6) is 0. The zero-order valence-electron chi connectivity index (χ0n) is 11.3. The third kappa shape index (κ3) is 3.02. The summed E-state index contributed by atoms with van der Waals surface area (Å²) in [7, 11) is 0. The van der Waals surface area contributed by atoms with Gasteiger partial charge >= 0.3 is 0 Å². The van der Waals surface area contributed by atoms with E-state index in [1.807, 2.05) is 24.5 Å². The molecule has 1 unspecified atom stereocenters. The Labute approximate surface area is 127 Å². The molecular formula is C16H18BrN3. The number of hydrogen-bond acceptors (Lipinski definition) is 3. The summed E-state index contributed by atoms with van der Waals surface area (Å²) >= 11 is 3.51. The Morgan fingerprint density at radius 2 is 2.25 bits per heavy atom. The highest BCUT2D eigenvalue weighted by Gasteiger charge is 2.26. The molecule has 3 rings (SSSR count). The number of pyridine rings is 1. The smallest absolute Gasteiger partial charge is 0.0367 e. The van der Waals surface area contributed by atoms with Crippen molar-refractivity contribution in [3.63, 3.8) is 0 Å². The molecule has 0 amide bonds. The van der Waals surface area contributed by atoms with Crippen molar-refractivity contribution in [2.24, 2.45) is 0 Å². The molecule has 1 aromatic heterocycles. The molecule has 1 fully saturated rings. The van der Waals surface area contributed by atoms with Crippen LogP contribution in [0.3, 0.4) is 0 Å². The van der Waals surface area contributed by atoms with E-state index < -0.39 is 0 Å². The van der Waals surface area contributed by atoms with Gasteiger partial charge < -0.3 is 5.73 Å². The van der Waals surface area contributed by atoms with Crippen LogP contribution >= 0.6 is 15.9 Å². The monoisotopic (exact) mass is 331 g/mol. The average molecular weight is 332 g/mol. The Morgan fingerprint density at radius 3 is 3.00 bits per heavy atom. The van der Waals surface area contributed by atoms with Crippen LogP contribution in [0.5, 0.6) is 0 Å². The normalized spacial score (nSPS) is 19.4. The summed E-state index contributed by atoms with van der Waals surface area (Å²) in [5.41, 5.74) is 9.30. The maximum absolute atomic E-state index is 5.92. The molecule has 4 heteroatoms. The Hall–Kier alpha value is -1.39. The van der Waals surface area contributed by atoms with Gasteiger partial charge in [-0.2, -0.15) is 0 Å². The van der Waals surface area contributed by atoms with E-state index in [0.717, 1.165) is 23.2 Å². The minimum absolute atomic E-state index is 0.476. The fourth-order valence-corrected chi connectivity index (χ4v) is 3.53. The molecular weight excluding hydrogens is 314 g/mol. The number of nitrogens with zero attached hydrogens (tertiary/aromatic N) is 2. The predicted octanol–water partition coefficient (Wildman–Crippen LogP) is 3.76. The number of rotatable bonds is 3. The van der Waals surface area contributed by atoms with E-state index >= 15 is 0 Å². The molecule has 0 saturated carbocycles. The minimum atomic E-state index is 0.476. The molecule has 0 aliphatic carbocycles. The van der Waals surface area contributed by atoms with Crippen molar-refractivity contribution < 1.29 is 0 Å². The lowest BCUT2D eigenvalue weighted by atomic mass is 10.1. The number of likely N-dealkylation sites (tertiary alicyclic amines) is 1. The molecule has 104 valence electrons. The van der Waals surface area contributed by atoms with Gasteiger partial charge in [0, 0.05) is 35.1 Å². The van der Waals surface area contributed by atoms with E-state index in [2.05, 4.69) is 44.0 Å². The van der Waals surface area contributed by atoms with Gasteiger partial charge in [0.25, 0.3) is 0 Å². The summed E-state index contributed by atoms with van der Waals surface area (Å²) in [6, 6.07) is 10.8. The molecule has 1 saturated heterocycles. The van der Waals surface area contributed by atoms with Crippen molar-refractivity contribution in [1.29, 1.82) is 0 Å². The molecule has 20 heavy (non-hydrogen) atoms. The van der Waals surface area contributed by atoms with Gasteiger partial charge in [0.15, 0.2) is 0 Å². The maximum Gasteiger partial charge on any atom is 0.0367 e. The fraction of sp³-hybridized carbons (Fsp3) is 0.312. The number of nitrogen functional groups attached to an aromatic ring is 1. The summed E-state index contributed by atoms with van der Waals surface area (Å²) in [6.45, 7) is 2.06. The Morgan fingerprint density at radius 1 is 1.35 bits per heavy atom. The van der Waals surface area contributed by atoms with Crippen LogP contribution in [0.2, 0.25) is 0 Å². The van der Waals surface area contributed by atoms with Gasteiger partial charge in [-0.1, -0.05) is 22.0 Å². The second-order valence-electron chi connectivity index (χ2n) is 5.31. The van der Waals surface area contributed by atoms with Gasteiger partial charge in [0.05, 0.1) is 0 Å². The molecule has 1 atom stereocenters. The van der Waals surface area contributed by atoms with Crippen molar-refractivity contribution >= 4 is 21.6 Å². The second kappa shape index (κ2) is 5.94. The van der Waals surface area contributed by atoms with Crippen LogP contribution in [0, 0.1) is 0 Å². The van der Waals surface area contributed by atoms with Crippen LogP contribution in [0.4, 0.5) is 5.69 Å². The van der Waals surface area contributed by atoms with Gasteiger partial charge in [-0.05, 0) is 54.8 Å². The van der Waals surface area contributed by atoms with Crippen molar-refractivity contribution in [3.8, 4) is 0 Å². The first-order valence-electron chi connectivity index (χ1n) is 6.91. The topological polar surface area (TPSA) is 42.1 Å². The van der Waals surface area contributed by atoms with Gasteiger partial charge in [-0.15, -0.1) is 0 Å². The number of anilines is 1. The first-order chi connectivity index (χ1) is 9.72. The summed E-state index contributed by atoms with van der Waals surface area (Å²) in [4.78, 5) is 6.76. The number of halogens is 1. The number of nitrogens with two attached hydrogens (primary N) is 1. The number of hydrogen-bond donors (Lipinski definition) is 1. The lowest BCUT2D eigenvalue weighted by Gasteiger charge is -2.24. The Bertz CT molecular complexity index is 565. The van der Waals surface area contributed by atoms with Crippen LogP contribution in [0.25, 0.3) is 0 Å². The van der Waals surface area contributed by atoms with Gasteiger partial charge in [0.1, 0.15) is 0 Å². The SMILES string of the molecule is Nc1cc(Br)cc(CN2CCCC2c2cccnc2)c1. The predicted molar refractivity (Wildman–Crippen MR) is 85.2 cm³/mol. The van der Waals surface area contributed by atoms with Gasteiger partial charge in [-0.3, -0.25) is 9.88 Å². The van der Waals surface area contributed by atoms with Crippen LogP contribution in [0.1, 0.15) is 30.0 Å². The highest BCUT2D eigenvalue weighted by Crippen LogP contribution is 2.33. The van der Waals surface area contributed by atoms with E-state index in [-0.39, 0.29) is 0 Å². The Balaban J connectivity index is 1.79. The van der Waals surface area contributed by atoms with Gasteiger partial charge in [0.2, 0.25) is 0 Å². The molecule has 2 aromatic rings. The van der Waals surface area contributed by atoms with Crippen LogP contribution < -0.4 is 5.73 Å². The minimum Gasteiger partial charge on any atom is -0.399 e. The number of benzene rings is 1. The highest BCUT2D eigenvalue weighted by atomic mass is 79.9. The third-order valence-corrected chi connectivity index (χ3v) is 4.26. The molecule has 1 aromatic carbocycles. The molecule has 0 bridgehead atoms. The summed E-state index contributed by atoms with van der Waals surface area (Å²) in [6.07, 6.45) is 6.26. The summed E-state index contributed by atoms with van der Waals surface area (Å²) in [5, 5.41) is 0. The van der Waals surface area contributed by atoms with Crippen LogP contribution in [-0.2, 0) is 6.54 Å². The zero-order chi connectivity index (χ0) is 13.9. The summed E-state index contributed by atoms with van der Waals surface area (Å²) < 4.78 is 1.05. The first kappa shape index (κ1) is 13.6. The quantitative estimate of drug-likeness (QED) is 0.870. The maximum atomic E-state index is 5.92. The zero-order valence-corrected chi connectivity index (χ0v) is 12.9. The molecule has 2 N–H and O–H groups in total. The average Bonchev–Trinajstić information content (AvgIpc) is 2.86. The van der Waals surface area contributed by atoms with E-state index in [0.29, 0.717) is 6.04 Å². The Kier molecular flexibility index (Phi) is 4.03. The number of aromatic nitrogens is 1. The lowest BCUT2D eigenvalue weighted by Crippen LogP contribution is -2.22. The fourth-order valence-electron chi connectivity index (χ4n) is 2.97. The molecule has 0 radical (unpaired) electrons. The van der Waals surface area contributed by atoms with Crippen molar-refractivity contribution in [1.82, 2.24) is 9.88 Å². The molecule has 1 aliphatic rings. The van der Waals surface area contributed by atoms with Crippen molar-refractivity contribution in [2.45, 2.75) is 25.4 Å². The van der Waals surface area contributed by atoms with E-state index in [1.165, 1.54) is 24.0 Å². The molecule has 1 aliphatic heterocycles. The lowest BCUT2D eigenvalue weighted by molar-refractivity contribution is 0.248. The first-order valence-corrected chi connectivity index (χ1v) is 7.70. The highest BCUT2D eigenvalue weighted by molar-refractivity contribution is 9.10. The van der Waals surface area contributed by atoms with Crippen LogP contribution in [0.15, 0.2) is 47.2 Å². The van der Waals surface area contributed by atoms with E-state index in [1.54, 1.807) is 0 Å². The van der Waals surface area contributed by atoms with Gasteiger partial charge in [-0.25, -0.2) is 0 Å². The van der Waals surface area contributed by atoms with E-state index in [9.17, 15) is 0 Å². The standard InChI is InChI=1S/C16H18BrN3/c17-14-7-12(8-15(18)9-14)11-20-6-2-4-16(20)13-3-1-5-19-10-13/h1,3,5,7-10,16H,2,4,6,11,18H2. The van der Waals surface area contributed by atoms with Crippen molar-refractivity contribution in [3.05, 3.63) is 58.3 Å². The van der Waals surface area contributed by atoms with E-state index in [4.69, 9.17) is 5.73 Å². The molecule has 2 heterocycles. The third-order valence-electron chi connectivity index (χ3n) is 3.80. The molecule has 3 nitrogen and oxygen atoms in total. The van der Waals surface area contributed by atoms with Crippen molar-refractivity contribution in [2.75, 3.05) is 12.3 Å². The largest absolute Gasteiger partial charge is 0.399 e.